The van der Waals surface area contributed by atoms with Gasteiger partial charge in [0.2, 0.25) is 0 Å². The molecule has 19 heavy (non-hydrogen) atoms. The van der Waals surface area contributed by atoms with Crippen LogP contribution in [-0.4, -0.2) is 21.6 Å². The Bertz CT molecular complexity index is 467. The van der Waals surface area contributed by atoms with Crippen LogP contribution in [0.4, 0.5) is 10.6 Å². The highest BCUT2D eigenvalue weighted by Gasteiger charge is 2.23. The van der Waals surface area contributed by atoms with Crippen LogP contribution in [0.3, 0.4) is 0 Å². The maximum absolute atomic E-state index is 11.7. The fourth-order valence-corrected chi connectivity index (χ4v) is 1.36. The van der Waals surface area contributed by atoms with Crippen molar-refractivity contribution in [3.05, 3.63) is 16.0 Å². The summed E-state index contributed by atoms with van der Waals surface area (Å²) in [6.07, 6.45) is 1.40. The number of anilines is 1. The maximum atomic E-state index is 11.7. The summed E-state index contributed by atoms with van der Waals surface area (Å²) in [5.74, 6) is 5.14. The summed E-state index contributed by atoms with van der Waals surface area (Å²) in [7, 11) is 0. The van der Waals surface area contributed by atoms with Crippen molar-refractivity contribution in [1.82, 2.24) is 21.0 Å². The Morgan fingerprint density at radius 1 is 1.58 bits per heavy atom. The van der Waals surface area contributed by atoms with E-state index in [0.29, 0.717) is 4.60 Å². The second-order valence-corrected chi connectivity index (χ2v) is 5.57. The second kappa shape index (κ2) is 6.44. The molecule has 10 heteroatoms. The molecule has 1 aromatic heterocycles. The number of aromatic nitrogens is 2. The van der Waals surface area contributed by atoms with Gasteiger partial charge in [-0.1, -0.05) is 11.6 Å². The summed E-state index contributed by atoms with van der Waals surface area (Å²) in [5.41, 5.74) is 3.83. The lowest BCUT2D eigenvalue weighted by Gasteiger charge is -2.26. The Balaban J connectivity index is 3.03. The molecule has 0 radical (unpaired) electrons. The lowest BCUT2D eigenvalue weighted by molar-refractivity contribution is -0.0732. The molecule has 0 bridgehead atoms. The number of hydrazine groups is 2. The van der Waals surface area contributed by atoms with Crippen LogP contribution in [0.25, 0.3) is 0 Å². The number of amides is 2. The van der Waals surface area contributed by atoms with Crippen molar-refractivity contribution in [3.63, 3.8) is 0 Å². The Labute approximate surface area is 123 Å². The van der Waals surface area contributed by atoms with Crippen LogP contribution in [0.1, 0.15) is 20.8 Å². The van der Waals surface area contributed by atoms with Crippen LogP contribution in [-0.2, 0) is 4.84 Å². The number of urea groups is 1. The number of hydrogen-bond donors (Lipinski definition) is 3. The SMILES string of the molecule is CC(C)(C)ONN(C(=O)NN)c1nc(Br)cnc1Cl. The van der Waals surface area contributed by atoms with Crippen LogP contribution in [0.15, 0.2) is 10.8 Å². The molecule has 4 N–H and O–H groups in total. The highest BCUT2D eigenvalue weighted by atomic mass is 79.9. The monoisotopic (exact) mass is 352 g/mol. The number of nitrogens with two attached hydrogens (primary N) is 1. The van der Waals surface area contributed by atoms with Gasteiger partial charge in [0, 0.05) is 0 Å². The van der Waals surface area contributed by atoms with E-state index in [1.54, 1.807) is 20.8 Å². The van der Waals surface area contributed by atoms with Crippen molar-refractivity contribution in [2.24, 2.45) is 5.84 Å². The third-order valence-electron chi connectivity index (χ3n) is 1.66. The van der Waals surface area contributed by atoms with Crippen LogP contribution in [0, 0.1) is 0 Å². The molecule has 1 aromatic rings. The molecular formula is C9H14BrClN6O2. The predicted octanol–water partition coefficient (Wildman–Crippen LogP) is 1.52. The lowest BCUT2D eigenvalue weighted by Crippen LogP contribution is -2.53. The van der Waals surface area contributed by atoms with Gasteiger partial charge in [-0.15, -0.1) is 5.59 Å². The molecule has 0 unspecified atom stereocenters. The Morgan fingerprint density at radius 2 is 2.21 bits per heavy atom. The largest absolute Gasteiger partial charge is 0.353 e. The first-order valence-electron chi connectivity index (χ1n) is 5.17. The van der Waals surface area contributed by atoms with E-state index in [1.807, 2.05) is 5.43 Å². The van der Waals surface area contributed by atoms with Crippen LogP contribution in [0.2, 0.25) is 5.15 Å². The van der Waals surface area contributed by atoms with E-state index in [-0.39, 0.29) is 11.0 Å². The van der Waals surface area contributed by atoms with Gasteiger partial charge >= 0.3 is 6.03 Å². The number of carbonyl (C=O) groups is 1. The summed E-state index contributed by atoms with van der Waals surface area (Å²) in [5, 5.41) is 0.919. The van der Waals surface area contributed by atoms with Gasteiger partial charge in [0.1, 0.15) is 4.60 Å². The van der Waals surface area contributed by atoms with Gasteiger partial charge in [0.15, 0.2) is 11.0 Å². The molecular weight excluding hydrogens is 339 g/mol. The molecule has 0 atom stereocenters. The summed E-state index contributed by atoms with van der Waals surface area (Å²) >= 11 is 9.03. The fourth-order valence-electron chi connectivity index (χ4n) is 0.914. The number of halogens is 2. The molecule has 0 aliphatic heterocycles. The van der Waals surface area contributed by atoms with E-state index in [0.717, 1.165) is 5.01 Å². The number of carbonyl (C=O) groups excluding carboxylic acids is 1. The molecule has 0 aliphatic rings. The summed E-state index contributed by atoms with van der Waals surface area (Å²) in [4.78, 5) is 24.9. The highest BCUT2D eigenvalue weighted by Crippen LogP contribution is 2.22. The van der Waals surface area contributed by atoms with Gasteiger partial charge in [-0.2, -0.15) is 5.01 Å². The summed E-state index contributed by atoms with van der Waals surface area (Å²) in [6.45, 7) is 5.40. The van der Waals surface area contributed by atoms with Crippen molar-refractivity contribution in [3.8, 4) is 0 Å². The molecule has 0 spiro atoms. The Kier molecular flexibility index (Phi) is 5.44. The third kappa shape index (κ3) is 4.88. The molecule has 0 fully saturated rings. The van der Waals surface area contributed by atoms with E-state index in [2.05, 4.69) is 31.5 Å². The van der Waals surface area contributed by atoms with E-state index in [1.165, 1.54) is 6.20 Å². The van der Waals surface area contributed by atoms with E-state index < -0.39 is 11.6 Å². The van der Waals surface area contributed by atoms with E-state index in [9.17, 15) is 4.79 Å². The zero-order valence-electron chi connectivity index (χ0n) is 10.6. The topological polar surface area (TPSA) is 105 Å². The van der Waals surface area contributed by atoms with E-state index >= 15 is 0 Å². The molecule has 8 nitrogen and oxygen atoms in total. The predicted molar refractivity (Wildman–Crippen MR) is 73.9 cm³/mol. The van der Waals surface area contributed by atoms with Gasteiger partial charge in [0.05, 0.1) is 11.8 Å². The highest BCUT2D eigenvalue weighted by molar-refractivity contribution is 9.10. The second-order valence-electron chi connectivity index (χ2n) is 4.40. The van der Waals surface area contributed by atoms with Gasteiger partial charge in [-0.25, -0.2) is 20.6 Å². The fraction of sp³-hybridized carbons (Fsp3) is 0.444. The van der Waals surface area contributed by atoms with Crippen LogP contribution in [0.5, 0.6) is 0 Å². The Morgan fingerprint density at radius 3 is 2.74 bits per heavy atom. The van der Waals surface area contributed by atoms with Gasteiger partial charge < -0.3 is 0 Å². The maximum Gasteiger partial charge on any atom is 0.353 e. The van der Waals surface area contributed by atoms with Gasteiger partial charge in [-0.3, -0.25) is 10.3 Å². The first-order valence-corrected chi connectivity index (χ1v) is 6.34. The minimum absolute atomic E-state index is 0.0109. The average molecular weight is 354 g/mol. The van der Waals surface area contributed by atoms with Crippen molar-refractivity contribution in [2.45, 2.75) is 26.4 Å². The molecule has 106 valence electrons. The summed E-state index contributed by atoms with van der Waals surface area (Å²) < 4.78 is 0.402. The van der Waals surface area contributed by atoms with Crippen LogP contribution < -0.4 is 21.9 Å². The number of hydrogen-bond acceptors (Lipinski definition) is 6. The molecule has 1 heterocycles. The van der Waals surface area contributed by atoms with Crippen molar-refractivity contribution < 1.29 is 9.63 Å². The zero-order valence-corrected chi connectivity index (χ0v) is 12.9. The van der Waals surface area contributed by atoms with Crippen molar-refractivity contribution in [2.75, 3.05) is 5.01 Å². The smallest absolute Gasteiger partial charge is 0.276 e. The van der Waals surface area contributed by atoms with Gasteiger partial charge in [-0.05, 0) is 36.7 Å². The number of rotatable bonds is 3. The van der Waals surface area contributed by atoms with Crippen molar-refractivity contribution in [1.29, 1.82) is 0 Å². The first-order chi connectivity index (χ1) is 8.74. The van der Waals surface area contributed by atoms with Crippen molar-refractivity contribution >= 4 is 39.4 Å². The Hall–Kier alpha value is -1.00. The standard InChI is InChI=1S/C9H14BrClN6O2/c1-9(2,3)19-16-17(8(18)15-12)7-6(11)13-4-5(10)14-7/h4,16H,12H2,1-3H3,(H,15,18). The minimum atomic E-state index is -0.710. The molecule has 0 saturated heterocycles. The summed E-state index contributed by atoms with van der Waals surface area (Å²) in [6, 6.07) is -0.710. The molecule has 1 rings (SSSR count). The number of nitrogens with one attached hydrogen (secondary N) is 2. The molecule has 2 amide bonds. The lowest BCUT2D eigenvalue weighted by atomic mass is 10.2. The van der Waals surface area contributed by atoms with Crippen LogP contribution >= 0.6 is 27.5 Å². The van der Waals surface area contributed by atoms with E-state index in [4.69, 9.17) is 22.3 Å². The normalized spacial score (nSPS) is 11.3. The third-order valence-corrected chi connectivity index (χ3v) is 2.31. The molecule has 0 saturated carbocycles. The molecule has 0 aliphatic carbocycles. The quantitative estimate of drug-likeness (QED) is 0.432. The average Bonchev–Trinajstić information content (AvgIpc) is 2.31. The number of nitrogens with zero attached hydrogens (tertiary/aromatic N) is 3. The zero-order chi connectivity index (χ0) is 14.6. The first kappa shape index (κ1) is 16.1. The van der Waals surface area contributed by atoms with Gasteiger partial charge in [0.25, 0.3) is 0 Å². The minimum Gasteiger partial charge on any atom is -0.276 e. The molecule has 0 aromatic carbocycles.